The van der Waals surface area contributed by atoms with Gasteiger partial charge in [0.15, 0.2) is 5.78 Å². The zero-order valence-corrected chi connectivity index (χ0v) is 20.6. The lowest BCUT2D eigenvalue weighted by Gasteiger charge is -2.40. The van der Waals surface area contributed by atoms with Gasteiger partial charge in [-0.2, -0.15) is 0 Å². The third-order valence-electron chi connectivity index (χ3n) is 7.78. The minimum Gasteiger partial charge on any atom is -0.384 e. The van der Waals surface area contributed by atoms with Crippen LogP contribution in [0.4, 0.5) is 11.5 Å². The molecule has 9 nitrogen and oxygen atoms in total. The number of amides is 2. The number of hydrogen-bond donors (Lipinski definition) is 4. The first-order chi connectivity index (χ1) is 17.4. The van der Waals surface area contributed by atoms with Crippen molar-refractivity contribution in [2.45, 2.75) is 57.2 Å². The van der Waals surface area contributed by atoms with Crippen LogP contribution >= 0.6 is 0 Å². The number of hydrogen-bond acceptors (Lipinski definition) is 7. The number of rotatable bonds is 8. The highest BCUT2D eigenvalue weighted by Gasteiger charge is 2.41. The predicted octanol–water partition coefficient (Wildman–Crippen LogP) is 2.33. The van der Waals surface area contributed by atoms with E-state index >= 15 is 0 Å². The van der Waals surface area contributed by atoms with Crippen LogP contribution in [0.15, 0.2) is 36.5 Å². The number of carbonyl (C=O) groups is 3. The molecule has 3 aliphatic rings. The number of benzene rings is 1. The lowest BCUT2D eigenvalue weighted by atomic mass is 9.96. The normalized spacial score (nSPS) is 25.0. The van der Waals surface area contributed by atoms with Gasteiger partial charge in [0, 0.05) is 47.7 Å². The Morgan fingerprint density at radius 3 is 2.44 bits per heavy atom. The van der Waals surface area contributed by atoms with Crippen molar-refractivity contribution < 1.29 is 14.4 Å². The number of nitrogens with zero attached hydrogens (tertiary/aromatic N) is 2. The van der Waals surface area contributed by atoms with Crippen molar-refractivity contribution >= 4 is 29.1 Å². The topological polar surface area (TPSA) is 129 Å². The van der Waals surface area contributed by atoms with Crippen LogP contribution in [0.25, 0.3) is 0 Å². The van der Waals surface area contributed by atoms with Gasteiger partial charge in [-0.25, -0.2) is 4.98 Å². The molecule has 3 saturated heterocycles. The summed E-state index contributed by atoms with van der Waals surface area (Å²) >= 11 is 0. The largest absolute Gasteiger partial charge is 0.384 e. The third-order valence-corrected chi connectivity index (χ3v) is 7.78. The van der Waals surface area contributed by atoms with Gasteiger partial charge in [-0.3, -0.25) is 14.4 Å². The van der Waals surface area contributed by atoms with Crippen molar-refractivity contribution in [2.24, 2.45) is 11.7 Å². The molecule has 0 saturated carbocycles. The van der Waals surface area contributed by atoms with E-state index in [2.05, 4.69) is 25.8 Å². The fraction of sp³-hybridized carbons (Fsp3) is 0.481. The minimum absolute atomic E-state index is 0.0104. The molecular formula is C27H34N6O3. The quantitative estimate of drug-likeness (QED) is 0.418. The van der Waals surface area contributed by atoms with Crippen LogP contribution in [0.5, 0.6) is 0 Å². The first kappa shape index (κ1) is 24.2. The molecule has 4 heterocycles. The summed E-state index contributed by atoms with van der Waals surface area (Å²) in [5.41, 5.74) is 7.71. The number of piperidine rings is 1. The molecular weight excluding hydrogens is 456 g/mol. The van der Waals surface area contributed by atoms with E-state index in [4.69, 9.17) is 5.73 Å². The molecule has 1 aromatic heterocycles. The van der Waals surface area contributed by atoms with Crippen LogP contribution in [0, 0.1) is 5.92 Å². The Hall–Kier alpha value is -3.46. The first-order valence-corrected chi connectivity index (χ1v) is 12.8. The Morgan fingerprint density at radius 2 is 1.83 bits per heavy atom. The van der Waals surface area contributed by atoms with Crippen molar-refractivity contribution in [2.75, 3.05) is 29.9 Å². The molecule has 190 valence electrons. The fourth-order valence-corrected chi connectivity index (χ4v) is 5.87. The zero-order valence-electron chi connectivity index (χ0n) is 20.6. The minimum atomic E-state index is -0.511. The van der Waals surface area contributed by atoms with Gasteiger partial charge < -0.3 is 26.6 Å². The van der Waals surface area contributed by atoms with Crippen LogP contribution in [-0.2, 0) is 0 Å². The van der Waals surface area contributed by atoms with Gasteiger partial charge in [0.05, 0.1) is 5.56 Å². The van der Waals surface area contributed by atoms with Crippen LogP contribution in [0.1, 0.15) is 70.1 Å². The van der Waals surface area contributed by atoms with E-state index < -0.39 is 5.91 Å². The predicted molar refractivity (Wildman–Crippen MR) is 138 cm³/mol. The molecule has 1 aromatic carbocycles. The summed E-state index contributed by atoms with van der Waals surface area (Å²) in [7, 11) is 0. The summed E-state index contributed by atoms with van der Waals surface area (Å²) in [6.07, 6.45) is 6.54. The Kier molecular flexibility index (Phi) is 6.91. The highest BCUT2D eigenvalue weighted by atomic mass is 16.2. The Balaban J connectivity index is 1.24. The van der Waals surface area contributed by atoms with Crippen LogP contribution < -0.4 is 26.6 Å². The molecule has 5 rings (SSSR count). The van der Waals surface area contributed by atoms with Gasteiger partial charge in [0.25, 0.3) is 11.8 Å². The molecule has 36 heavy (non-hydrogen) atoms. The van der Waals surface area contributed by atoms with Crippen molar-refractivity contribution in [1.29, 1.82) is 0 Å². The standard InChI is InChI=1S/C27H34N6O3/c1-16(34)19-3-7-25(31-15-19)33-21-4-5-22(33)12-20(11-21)32-27(36)18-2-6-23(26(28)35)24(10-18)30-14-17-8-9-29-13-17/h2-3,6-7,10,15,17,20-22,29-30H,4-5,8-9,11-14H2,1H3,(H2,28,35)(H,32,36)/t17?,20?,21-,22+. The molecule has 4 atom stereocenters. The molecule has 2 amide bonds. The van der Waals surface area contributed by atoms with Crippen molar-refractivity contribution in [3.8, 4) is 0 Å². The van der Waals surface area contributed by atoms with Gasteiger partial charge in [-0.1, -0.05) is 0 Å². The molecule has 0 radical (unpaired) electrons. The maximum atomic E-state index is 13.2. The van der Waals surface area contributed by atoms with Gasteiger partial charge >= 0.3 is 0 Å². The number of primary amides is 1. The molecule has 2 aromatic rings. The lowest BCUT2D eigenvalue weighted by Crippen LogP contribution is -2.50. The van der Waals surface area contributed by atoms with Crippen molar-refractivity contribution in [1.82, 2.24) is 15.6 Å². The molecule has 3 aliphatic heterocycles. The first-order valence-electron chi connectivity index (χ1n) is 12.8. The zero-order chi connectivity index (χ0) is 25.2. The fourth-order valence-electron chi connectivity index (χ4n) is 5.87. The molecule has 3 fully saturated rings. The Bertz CT molecular complexity index is 1130. The van der Waals surface area contributed by atoms with E-state index in [9.17, 15) is 14.4 Å². The second-order valence-corrected chi connectivity index (χ2v) is 10.3. The van der Waals surface area contributed by atoms with Gasteiger partial charge in [-0.15, -0.1) is 0 Å². The molecule has 0 aliphatic carbocycles. The number of ketones is 1. The van der Waals surface area contributed by atoms with Gasteiger partial charge in [0.2, 0.25) is 0 Å². The summed E-state index contributed by atoms with van der Waals surface area (Å²) in [4.78, 5) is 43.6. The summed E-state index contributed by atoms with van der Waals surface area (Å²) in [6.45, 7) is 4.21. The highest BCUT2D eigenvalue weighted by Crippen LogP contribution is 2.38. The second kappa shape index (κ2) is 10.3. The third kappa shape index (κ3) is 5.06. The van der Waals surface area contributed by atoms with Crippen LogP contribution in [0.2, 0.25) is 0 Å². The van der Waals surface area contributed by atoms with Crippen molar-refractivity contribution in [3.05, 3.63) is 53.2 Å². The van der Waals surface area contributed by atoms with Crippen LogP contribution in [-0.4, -0.2) is 60.3 Å². The van der Waals surface area contributed by atoms with E-state index in [1.165, 1.54) is 0 Å². The van der Waals surface area contributed by atoms with Gasteiger partial charge in [0.1, 0.15) is 5.82 Å². The number of aromatic nitrogens is 1. The smallest absolute Gasteiger partial charge is 0.251 e. The highest BCUT2D eigenvalue weighted by molar-refractivity contribution is 6.02. The maximum Gasteiger partial charge on any atom is 0.251 e. The molecule has 2 bridgehead atoms. The summed E-state index contributed by atoms with van der Waals surface area (Å²) < 4.78 is 0. The SMILES string of the molecule is CC(=O)c1ccc(N2[C@@H]3CC[C@H]2CC(NC(=O)c2ccc(C(N)=O)c(NCC4CCNC4)c2)C3)nc1. The number of pyridine rings is 1. The average molecular weight is 491 g/mol. The number of nitrogens with one attached hydrogen (secondary N) is 3. The van der Waals surface area contributed by atoms with E-state index in [1.807, 2.05) is 12.1 Å². The Labute approximate surface area is 211 Å². The maximum absolute atomic E-state index is 13.2. The molecule has 9 heteroatoms. The number of anilines is 2. The van der Waals surface area contributed by atoms with E-state index in [-0.39, 0.29) is 17.7 Å². The van der Waals surface area contributed by atoms with Gasteiger partial charge in [-0.05, 0) is 88.4 Å². The number of carbonyl (C=O) groups excluding carboxylic acids is 3. The van der Waals surface area contributed by atoms with Crippen LogP contribution in [0.3, 0.4) is 0 Å². The summed E-state index contributed by atoms with van der Waals surface area (Å²) in [5.74, 6) is 0.738. The average Bonchev–Trinajstić information content (AvgIpc) is 3.48. The van der Waals surface area contributed by atoms with E-state index in [1.54, 1.807) is 31.3 Å². The number of nitrogens with two attached hydrogens (primary N) is 1. The van der Waals surface area contributed by atoms with E-state index in [0.717, 1.165) is 57.6 Å². The summed E-state index contributed by atoms with van der Waals surface area (Å²) in [5, 5.41) is 9.90. The molecule has 5 N–H and O–H groups in total. The molecule has 0 spiro atoms. The number of fused-ring (bicyclic) bond motifs is 2. The Morgan fingerprint density at radius 1 is 1.08 bits per heavy atom. The second-order valence-electron chi connectivity index (χ2n) is 10.3. The lowest BCUT2D eigenvalue weighted by molar-refractivity contribution is 0.0924. The van der Waals surface area contributed by atoms with Crippen molar-refractivity contribution in [3.63, 3.8) is 0 Å². The molecule has 2 unspecified atom stereocenters. The summed E-state index contributed by atoms with van der Waals surface area (Å²) in [6, 6.07) is 9.48. The monoisotopic (exact) mass is 490 g/mol. The number of Topliss-reactive ketones (excluding diaryl/α,β-unsaturated/α-hetero) is 1. The van der Waals surface area contributed by atoms with E-state index in [0.29, 0.717) is 40.4 Å².